The predicted molar refractivity (Wildman–Crippen MR) is 34.0 cm³/mol. The zero-order valence-electron chi connectivity index (χ0n) is 5.45. The number of hydrogen-bond donors (Lipinski definition) is 2. The van der Waals surface area contributed by atoms with Gasteiger partial charge in [-0.3, -0.25) is 5.26 Å². The van der Waals surface area contributed by atoms with E-state index >= 15 is 0 Å². The molecule has 0 aromatic rings. The maximum absolute atomic E-state index is 8.96. The van der Waals surface area contributed by atoms with Crippen LogP contribution in [0.2, 0.25) is 0 Å². The first-order valence-corrected chi connectivity index (χ1v) is 2.87. The SMILES string of the molecule is C=C[C@@H](OO)[C@@H](O)CC. The van der Waals surface area contributed by atoms with Crippen molar-refractivity contribution in [2.75, 3.05) is 0 Å². The van der Waals surface area contributed by atoms with Crippen LogP contribution < -0.4 is 0 Å². The van der Waals surface area contributed by atoms with Gasteiger partial charge in [-0.2, -0.15) is 0 Å². The van der Waals surface area contributed by atoms with Crippen molar-refractivity contribution < 1.29 is 15.3 Å². The molecule has 0 rings (SSSR count). The molecule has 0 bridgehead atoms. The van der Waals surface area contributed by atoms with Gasteiger partial charge in [0.15, 0.2) is 0 Å². The summed E-state index contributed by atoms with van der Waals surface area (Å²) in [5.74, 6) is 0. The van der Waals surface area contributed by atoms with Crippen LogP contribution in [0.1, 0.15) is 13.3 Å². The van der Waals surface area contributed by atoms with Gasteiger partial charge < -0.3 is 5.11 Å². The summed E-state index contributed by atoms with van der Waals surface area (Å²) in [6.45, 7) is 5.15. The fraction of sp³-hybridized carbons (Fsp3) is 0.667. The highest BCUT2D eigenvalue weighted by atomic mass is 17.1. The molecular weight excluding hydrogens is 120 g/mol. The van der Waals surface area contributed by atoms with E-state index in [1.54, 1.807) is 6.92 Å². The van der Waals surface area contributed by atoms with Crippen molar-refractivity contribution in [3.05, 3.63) is 12.7 Å². The standard InChI is InChI=1S/C6H12O3/c1-3-5(7)6(4-2)9-8/h4-8H,2-3H2,1H3/t5-,6+/m0/s1. The number of rotatable bonds is 4. The molecule has 54 valence electrons. The van der Waals surface area contributed by atoms with Gasteiger partial charge in [0.25, 0.3) is 0 Å². The van der Waals surface area contributed by atoms with Crippen molar-refractivity contribution in [3.63, 3.8) is 0 Å². The third-order valence-corrected chi connectivity index (χ3v) is 1.15. The van der Waals surface area contributed by atoms with Gasteiger partial charge in [-0.05, 0) is 6.42 Å². The molecule has 0 aliphatic rings. The topological polar surface area (TPSA) is 49.7 Å². The Morgan fingerprint density at radius 3 is 2.44 bits per heavy atom. The van der Waals surface area contributed by atoms with Crippen LogP contribution in [0.15, 0.2) is 12.7 Å². The van der Waals surface area contributed by atoms with Gasteiger partial charge in [-0.25, -0.2) is 4.89 Å². The van der Waals surface area contributed by atoms with Gasteiger partial charge in [-0.15, -0.1) is 6.58 Å². The molecule has 3 heteroatoms. The quantitative estimate of drug-likeness (QED) is 0.338. The molecule has 0 amide bonds. The Bertz CT molecular complexity index is 82.4. The van der Waals surface area contributed by atoms with Gasteiger partial charge in [0.2, 0.25) is 0 Å². The molecule has 9 heavy (non-hydrogen) atoms. The second-order valence-electron chi connectivity index (χ2n) is 1.78. The molecule has 0 heterocycles. The highest BCUT2D eigenvalue weighted by molar-refractivity contribution is 4.84. The minimum absolute atomic E-state index is 0.539. The lowest BCUT2D eigenvalue weighted by molar-refractivity contribution is -0.283. The molecular formula is C6H12O3. The summed E-state index contributed by atoms with van der Waals surface area (Å²) in [6.07, 6.45) is 0.577. The summed E-state index contributed by atoms with van der Waals surface area (Å²) >= 11 is 0. The van der Waals surface area contributed by atoms with Crippen LogP contribution in [-0.4, -0.2) is 22.6 Å². The largest absolute Gasteiger partial charge is 0.390 e. The number of aliphatic hydroxyl groups excluding tert-OH is 1. The van der Waals surface area contributed by atoms with Crippen LogP contribution in [0.4, 0.5) is 0 Å². The van der Waals surface area contributed by atoms with Crippen molar-refractivity contribution in [1.82, 2.24) is 0 Å². The van der Waals surface area contributed by atoms with Gasteiger partial charge in [-0.1, -0.05) is 13.0 Å². The Morgan fingerprint density at radius 2 is 2.33 bits per heavy atom. The molecule has 0 unspecified atom stereocenters. The fourth-order valence-corrected chi connectivity index (χ4v) is 0.503. The van der Waals surface area contributed by atoms with Crippen molar-refractivity contribution >= 4 is 0 Å². The van der Waals surface area contributed by atoms with E-state index in [4.69, 9.17) is 10.4 Å². The Labute approximate surface area is 54.5 Å². The first-order chi connectivity index (χ1) is 4.26. The summed E-state index contributed by atoms with van der Waals surface area (Å²) in [4.78, 5) is 3.88. The lowest BCUT2D eigenvalue weighted by Gasteiger charge is -2.13. The second-order valence-corrected chi connectivity index (χ2v) is 1.78. The lowest BCUT2D eigenvalue weighted by atomic mass is 10.1. The first-order valence-electron chi connectivity index (χ1n) is 2.87. The van der Waals surface area contributed by atoms with Gasteiger partial charge >= 0.3 is 0 Å². The van der Waals surface area contributed by atoms with Crippen LogP contribution in [-0.2, 0) is 4.89 Å². The Balaban J connectivity index is 3.63. The van der Waals surface area contributed by atoms with Crippen molar-refractivity contribution in [2.24, 2.45) is 0 Å². The van der Waals surface area contributed by atoms with E-state index in [1.165, 1.54) is 6.08 Å². The summed E-state index contributed by atoms with van der Waals surface area (Å²) < 4.78 is 0. The Kier molecular flexibility index (Phi) is 4.30. The number of aliphatic hydroxyl groups is 1. The average Bonchev–Trinajstić information content (AvgIpc) is 1.90. The number of hydrogen-bond acceptors (Lipinski definition) is 3. The predicted octanol–water partition coefficient (Wildman–Crippen LogP) is 0.801. The first kappa shape index (κ1) is 8.62. The zero-order chi connectivity index (χ0) is 7.28. The Morgan fingerprint density at radius 1 is 1.78 bits per heavy atom. The molecule has 3 nitrogen and oxygen atoms in total. The summed E-state index contributed by atoms with van der Waals surface area (Å²) in [5, 5.41) is 17.1. The maximum atomic E-state index is 8.96. The van der Waals surface area contributed by atoms with E-state index in [-0.39, 0.29) is 0 Å². The maximum Gasteiger partial charge on any atom is 0.136 e. The van der Waals surface area contributed by atoms with E-state index in [1.807, 2.05) is 0 Å². The monoisotopic (exact) mass is 132 g/mol. The normalized spacial score (nSPS) is 16.8. The van der Waals surface area contributed by atoms with Gasteiger partial charge in [0, 0.05) is 0 Å². The molecule has 0 aliphatic heterocycles. The molecule has 0 fully saturated rings. The minimum Gasteiger partial charge on any atom is -0.390 e. The highest BCUT2D eigenvalue weighted by Gasteiger charge is 2.13. The summed E-state index contributed by atoms with van der Waals surface area (Å²) in [7, 11) is 0. The molecule has 0 saturated carbocycles. The van der Waals surface area contributed by atoms with Crippen LogP contribution >= 0.6 is 0 Å². The highest BCUT2D eigenvalue weighted by Crippen LogP contribution is 2.01. The smallest absolute Gasteiger partial charge is 0.136 e. The van der Waals surface area contributed by atoms with E-state index < -0.39 is 12.2 Å². The van der Waals surface area contributed by atoms with E-state index in [9.17, 15) is 0 Å². The molecule has 2 N–H and O–H groups in total. The molecule has 0 aromatic carbocycles. The third-order valence-electron chi connectivity index (χ3n) is 1.15. The van der Waals surface area contributed by atoms with Crippen LogP contribution in [0.3, 0.4) is 0 Å². The second kappa shape index (κ2) is 4.49. The molecule has 0 radical (unpaired) electrons. The summed E-state index contributed by atoms with van der Waals surface area (Å²) in [5.41, 5.74) is 0. The van der Waals surface area contributed by atoms with Crippen molar-refractivity contribution in [3.8, 4) is 0 Å². The molecule has 0 aromatic heterocycles. The van der Waals surface area contributed by atoms with Gasteiger partial charge in [0.1, 0.15) is 6.10 Å². The zero-order valence-corrected chi connectivity index (χ0v) is 5.45. The third kappa shape index (κ3) is 2.60. The molecule has 0 saturated heterocycles. The lowest BCUT2D eigenvalue weighted by Crippen LogP contribution is -2.24. The van der Waals surface area contributed by atoms with E-state index in [2.05, 4.69) is 11.5 Å². The average molecular weight is 132 g/mol. The van der Waals surface area contributed by atoms with Crippen LogP contribution in [0.5, 0.6) is 0 Å². The molecule has 2 atom stereocenters. The fourth-order valence-electron chi connectivity index (χ4n) is 0.503. The van der Waals surface area contributed by atoms with E-state index in [0.717, 1.165) is 0 Å². The van der Waals surface area contributed by atoms with Crippen molar-refractivity contribution in [2.45, 2.75) is 25.6 Å². The van der Waals surface area contributed by atoms with E-state index in [0.29, 0.717) is 6.42 Å². The summed E-state index contributed by atoms with van der Waals surface area (Å²) in [6, 6.07) is 0. The van der Waals surface area contributed by atoms with Crippen molar-refractivity contribution in [1.29, 1.82) is 0 Å². The van der Waals surface area contributed by atoms with Gasteiger partial charge in [0.05, 0.1) is 6.10 Å². The molecule has 0 spiro atoms. The minimum atomic E-state index is -0.660. The Hall–Kier alpha value is -0.380. The van der Waals surface area contributed by atoms with Crippen LogP contribution in [0.25, 0.3) is 0 Å². The molecule has 0 aliphatic carbocycles. The van der Waals surface area contributed by atoms with Crippen LogP contribution in [0, 0.1) is 0 Å².